The molecule has 0 fully saturated rings. The van der Waals surface area contributed by atoms with Gasteiger partial charge in [-0.1, -0.05) is 0 Å². The second-order valence-corrected chi connectivity index (χ2v) is 3.91. The summed E-state index contributed by atoms with van der Waals surface area (Å²) in [5, 5.41) is 8.55. The zero-order valence-electron chi connectivity index (χ0n) is 6.91. The average molecular weight is 194 g/mol. The van der Waals surface area contributed by atoms with Crippen molar-refractivity contribution in [1.29, 1.82) is 5.26 Å². The molecule has 1 nitrogen and oxygen atoms in total. The van der Waals surface area contributed by atoms with E-state index in [0.29, 0.717) is 0 Å². The molecule has 1 aromatic rings. The Morgan fingerprint density at radius 3 is 2.42 bits per heavy atom. The van der Waals surface area contributed by atoms with Gasteiger partial charge in [0.05, 0.1) is 0 Å². The van der Waals surface area contributed by atoms with Crippen molar-refractivity contribution in [2.75, 3.05) is 0 Å². The van der Waals surface area contributed by atoms with Gasteiger partial charge in [-0.15, -0.1) is 0 Å². The van der Waals surface area contributed by atoms with E-state index in [1.165, 1.54) is 9.79 Å². The first-order valence-electron chi connectivity index (χ1n) is 3.73. The van der Waals surface area contributed by atoms with Gasteiger partial charge in [0.15, 0.2) is 0 Å². The fourth-order valence-corrected chi connectivity index (χ4v) is 1.28. The van der Waals surface area contributed by atoms with Crippen molar-refractivity contribution in [2.24, 2.45) is 0 Å². The van der Waals surface area contributed by atoms with Gasteiger partial charge in [0.2, 0.25) is 0 Å². The fraction of sp³-hybridized carbons (Fsp3) is 0.200. The Kier molecular flexibility index (Phi) is 3.28. The molecule has 0 spiro atoms. The second-order valence-electron chi connectivity index (χ2n) is 2.72. The molecule has 0 aliphatic carbocycles. The molecule has 2 heteroatoms. The Bertz CT molecular complexity index is 319. The van der Waals surface area contributed by atoms with E-state index in [2.05, 4.69) is 30.0 Å². The zero-order valence-corrected chi connectivity index (χ0v) is 8.31. The molecule has 0 saturated carbocycles. The molecule has 0 amide bonds. The molecule has 0 saturated heterocycles. The van der Waals surface area contributed by atoms with Gasteiger partial charge < -0.3 is 0 Å². The van der Waals surface area contributed by atoms with Crippen LogP contribution in [-0.4, -0.2) is 4.23 Å². The molecule has 0 aromatic heterocycles. The van der Waals surface area contributed by atoms with E-state index in [1.54, 1.807) is 0 Å². The summed E-state index contributed by atoms with van der Waals surface area (Å²) in [5.74, 6) is 0. The molecule has 0 radical (unpaired) electrons. The van der Waals surface area contributed by atoms with Crippen LogP contribution < -0.4 is 0 Å². The maximum absolute atomic E-state index is 8.55. The third kappa shape index (κ3) is 2.66. The van der Waals surface area contributed by atoms with Gasteiger partial charge in [-0.3, -0.25) is 0 Å². The van der Waals surface area contributed by atoms with Crippen LogP contribution in [-0.2, 0) is 23.4 Å². The van der Waals surface area contributed by atoms with Crippen LogP contribution in [0, 0.1) is 11.3 Å². The minimum absolute atomic E-state index is 0.724. The van der Waals surface area contributed by atoms with Gasteiger partial charge in [-0.05, 0) is 0 Å². The number of nitrogens with zero attached hydrogens (tertiary/aromatic N) is 1. The summed E-state index contributed by atoms with van der Waals surface area (Å²) in [5.41, 5.74) is 1.98. The van der Waals surface area contributed by atoms with Gasteiger partial charge in [0.1, 0.15) is 0 Å². The number of hydrogen-bond acceptors (Lipinski definition) is 1. The van der Waals surface area contributed by atoms with Crippen molar-refractivity contribution >= 4 is 4.23 Å². The predicted octanol–water partition coefficient (Wildman–Crippen LogP) is 1.84. The second kappa shape index (κ2) is 4.25. The molecule has 0 unspecified atom stereocenters. The SMILES string of the molecule is C[C](=[V])Cc1ccc(C#N)cc1. The van der Waals surface area contributed by atoms with Crippen LogP contribution in [0.3, 0.4) is 0 Å². The molecule has 0 bridgehead atoms. The first-order valence-corrected chi connectivity index (χ1v) is 4.42. The number of rotatable bonds is 2. The standard InChI is InChI=1S/C10H9N.V/c1-2-3-9-4-6-10(8-11)7-5-9;/h4-7H,3H2,1H3;. The molecule has 0 heterocycles. The maximum atomic E-state index is 8.55. The van der Waals surface area contributed by atoms with Gasteiger partial charge in [0, 0.05) is 0 Å². The number of nitriles is 1. The number of benzene rings is 1. The van der Waals surface area contributed by atoms with Crippen molar-refractivity contribution in [3.8, 4) is 6.07 Å². The third-order valence-corrected chi connectivity index (χ3v) is 1.79. The van der Waals surface area contributed by atoms with Crippen LogP contribution in [0.25, 0.3) is 0 Å². The Hall–Kier alpha value is -0.836. The minimum atomic E-state index is 0.724. The average Bonchev–Trinajstić information content (AvgIpc) is 2.05. The summed E-state index contributed by atoms with van der Waals surface area (Å²) in [4.78, 5) is 0. The quantitative estimate of drug-likeness (QED) is 0.704. The van der Waals surface area contributed by atoms with Crippen LogP contribution in [0.4, 0.5) is 0 Å². The first kappa shape index (κ1) is 9.25. The number of hydrogen-bond donors (Lipinski definition) is 0. The Labute approximate surface area is 81.5 Å². The first-order chi connectivity index (χ1) is 5.72. The molecular formula is C10H9NV. The van der Waals surface area contributed by atoms with E-state index in [4.69, 9.17) is 5.26 Å². The van der Waals surface area contributed by atoms with Crippen LogP contribution in [0.5, 0.6) is 0 Å². The summed E-state index contributed by atoms with van der Waals surface area (Å²) in [6, 6.07) is 9.79. The molecular weight excluding hydrogens is 185 g/mol. The summed E-state index contributed by atoms with van der Waals surface area (Å²) in [6.45, 7) is 2.08. The molecule has 1 rings (SSSR count). The summed E-state index contributed by atoms with van der Waals surface area (Å²) in [7, 11) is 0. The Morgan fingerprint density at radius 2 is 2.00 bits per heavy atom. The Morgan fingerprint density at radius 1 is 1.42 bits per heavy atom. The van der Waals surface area contributed by atoms with Crippen molar-refractivity contribution in [3.05, 3.63) is 35.4 Å². The van der Waals surface area contributed by atoms with Crippen LogP contribution in [0.2, 0.25) is 0 Å². The van der Waals surface area contributed by atoms with E-state index < -0.39 is 0 Å². The topological polar surface area (TPSA) is 23.8 Å². The van der Waals surface area contributed by atoms with E-state index in [-0.39, 0.29) is 0 Å². The molecule has 0 N–H and O–H groups in total. The van der Waals surface area contributed by atoms with E-state index >= 15 is 0 Å². The summed E-state index contributed by atoms with van der Waals surface area (Å²) < 4.78 is 1.33. The van der Waals surface area contributed by atoms with E-state index in [9.17, 15) is 0 Å². The Balaban J connectivity index is 2.80. The molecule has 0 aliphatic heterocycles. The summed E-state index contributed by atoms with van der Waals surface area (Å²) >= 11 is 2.54. The van der Waals surface area contributed by atoms with Gasteiger partial charge in [-0.25, -0.2) is 0 Å². The molecule has 1 aromatic carbocycles. The van der Waals surface area contributed by atoms with Crippen molar-refractivity contribution in [2.45, 2.75) is 13.3 Å². The molecule has 59 valence electrons. The predicted molar refractivity (Wildman–Crippen MR) is 45.5 cm³/mol. The van der Waals surface area contributed by atoms with E-state index in [0.717, 1.165) is 12.0 Å². The molecule has 12 heavy (non-hydrogen) atoms. The molecule has 0 aliphatic rings. The normalized spacial score (nSPS) is 8.92. The van der Waals surface area contributed by atoms with Crippen LogP contribution >= 0.6 is 0 Å². The molecule has 0 atom stereocenters. The van der Waals surface area contributed by atoms with Crippen LogP contribution in [0.15, 0.2) is 24.3 Å². The van der Waals surface area contributed by atoms with E-state index in [1.807, 2.05) is 24.3 Å². The zero-order chi connectivity index (χ0) is 8.97. The monoisotopic (exact) mass is 194 g/mol. The van der Waals surface area contributed by atoms with Crippen LogP contribution in [0.1, 0.15) is 18.1 Å². The third-order valence-electron chi connectivity index (χ3n) is 1.54. The fourth-order valence-electron chi connectivity index (χ4n) is 0.993. The van der Waals surface area contributed by atoms with Crippen molar-refractivity contribution in [3.63, 3.8) is 0 Å². The summed E-state index contributed by atoms with van der Waals surface area (Å²) in [6.07, 6.45) is 0.978. The van der Waals surface area contributed by atoms with Crippen molar-refractivity contribution < 1.29 is 17.0 Å². The van der Waals surface area contributed by atoms with Gasteiger partial charge in [0.25, 0.3) is 0 Å². The van der Waals surface area contributed by atoms with Crippen molar-refractivity contribution in [1.82, 2.24) is 0 Å². The van der Waals surface area contributed by atoms with Gasteiger partial charge >= 0.3 is 81.3 Å². The van der Waals surface area contributed by atoms with Gasteiger partial charge in [-0.2, -0.15) is 0 Å².